The minimum atomic E-state index is -3.82. The zero-order valence-electron chi connectivity index (χ0n) is 9.44. The Morgan fingerprint density at radius 3 is 2.28 bits per heavy atom. The molecule has 8 heteroatoms. The van der Waals surface area contributed by atoms with E-state index in [0.717, 1.165) is 6.92 Å². The molecule has 18 heavy (non-hydrogen) atoms. The number of aliphatic carboxylic acids is 1. The van der Waals surface area contributed by atoms with Crippen molar-refractivity contribution in [3.05, 3.63) is 39.9 Å². The molecule has 0 spiro atoms. The molecule has 0 bridgehead atoms. The predicted molar refractivity (Wildman–Crippen MR) is 62.8 cm³/mol. The molecule has 0 radical (unpaired) electrons. The summed E-state index contributed by atoms with van der Waals surface area (Å²) in [6, 6.07) is 4.95. The molecule has 0 aromatic heterocycles. The fourth-order valence-electron chi connectivity index (χ4n) is 1.22. The molecular formula is C10H11NO6S. The van der Waals surface area contributed by atoms with Crippen LogP contribution in [0.5, 0.6) is 0 Å². The van der Waals surface area contributed by atoms with Crippen LogP contribution >= 0.6 is 0 Å². The number of carboxylic acid groups (broad SMARTS) is 1. The van der Waals surface area contributed by atoms with E-state index in [4.69, 9.17) is 5.11 Å². The third-order valence-electron chi connectivity index (χ3n) is 2.40. The lowest BCUT2D eigenvalue weighted by atomic mass is 10.2. The number of carbonyl (C=O) groups is 1. The normalized spacial score (nSPS) is 12.9. The maximum absolute atomic E-state index is 11.6. The highest BCUT2D eigenvalue weighted by Crippen LogP contribution is 2.16. The van der Waals surface area contributed by atoms with Gasteiger partial charge in [0.05, 0.1) is 10.7 Å². The van der Waals surface area contributed by atoms with E-state index in [-0.39, 0.29) is 5.69 Å². The molecule has 1 aromatic rings. The lowest BCUT2D eigenvalue weighted by Crippen LogP contribution is -2.28. The van der Waals surface area contributed by atoms with Gasteiger partial charge in [0, 0.05) is 12.1 Å². The fraction of sp³-hybridized carbons (Fsp3) is 0.300. The van der Waals surface area contributed by atoms with Crippen molar-refractivity contribution in [3.63, 3.8) is 0 Å². The van der Waals surface area contributed by atoms with Gasteiger partial charge in [-0.1, -0.05) is 12.1 Å². The number of benzene rings is 1. The molecule has 1 atom stereocenters. The van der Waals surface area contributed by atoms with Crippen LogP contribution in [0.15, 0.2) is 24.3 Å². The van der Waals surface area contributed by atoms with Gasteiger partial charge in [-0.3, -0.25) is 14.9 Å². The molecule has 1 N–H and O–H groups in total. The summed E-state index contributed by atoms with van der Waals surface area (Å²) < 4.78 is 23.3. The molecule has 98 valence electrons. The van der Waals surface area contributed by atoms with Crippen LogP contribution in [0, 0.1) is 10.1 Å². The summed E-state index contributed by atoms with van der Waals surface area (Å²) in [5.74, 6) is -1.88. The zero-order valence-corrected chi connectivity index (χ0v) is 10.3. The Bertz CT molecular complexity index is 563. The van der Waals surface area contributed by atoms with E-state index in [2.05, 4.69) is 0 Å². The minimum absolute atomic E-state index is 0.151. The Hall–Kier alpha value is -1.96. The van der Waals surface area contributed by atoms with Gasteiger partial charge >= 0.3 is 5.97 Å². The highest BCUT2D eigenvalue weighted by atomic mass is 32.2. The van der Waals surface area contributed by atoms with Gasteiger partial charge in [-0.05, 0) is 12.5 Å². The first kappa shape index (κ1) is 14.1. The van der Waals surface area contributed by atoms with Gasteiger partial charge in [0.2, 0.25) is 0 Å². The summed E-state index contributed by atoms with van der Waals surface area (Å²) in [6.07, 6.45) is 0. The van der Waals surface area contributed by atoms with E-state index < -0.39 is 31.7 Å². The molecule has 1 unspecified atom stereocenters. The van der Waals surface area contributed by atoms with E-state index in [1.54, 1.807) is 0 Å². The molecule has 1 aromatic carbocycles. The van der Waals surface area contributed by atoms with Gasteiger partial charge in [-0.25, -0.2) is 8.42 Å². The predicted octanol–water partition coefficient (Wildman–Crippen LogP) is 0.983. The van der Waals surface area contributed by atoms with Gasteiger partial charge < -0.3 is 5.11 Å². The van der Waals surface area contributed by atoms with Crippen molar-refractivity contribution in [1.29, 1.82) is 0 Å². The molecule has 0 heterocycles. The number of rotatable bonds is 5. The Morgan fingerprint density at radius 2 is 1.89 bits per heavy atom. The molecule has 0 saturated carbocycles. The van der Waals surface area contributed by atoms with Crippen molar-refractivity contribution in [2.24, 2.45) is 0 Å². The molecule has 0 amide bonds. The van der Waals surface area contributed by atoms with Gasteiger partial charge in [-0.2, -0.15) is 0 Å². The van der Waals surface area contributed by atoms with E-state index in [1.165, 1.54) is 24.3 Å². The Kier molecular flexibility index (Phi) is 4.02. The first-order chi connectivity index (χ1) is 8.24. The number of nitro benzene ring substituents is 1. The standard InChI is InChI=1S/C10H11NO6S/c1-7(10(12)13)18(16,17)6-8-2-4-9(5-3-8)11(14)15/h2-5,7H,6H2,1H3,(H,12,13). The maximum Gasteiger partial charge on any atom is 0.321 e. The van der Waals surface area contributed by atoms with Crippen LogP contribution in [0.2, 0.25) is 0 Å². The summed E-state index contributed by atoms with van der Waals surface area (Å²) in [6.45, 7) is 1.09. The van der Waals surface area contributed by atoms with Crippen molar-refractivity contribution >= 4 is 21.5 Å². The average Bonchev–Trinajstić information content (AvgIpc) is 2.28. The second kappa shape index (κ2) is 5.13. The Balaban J connectivity index is 2.92. The largest absolute Gasteiger partial charge is 0.480 e. The lowest BCUT2D eigenvalue weighted by molar-refractivity contribution is -0.384. The van der Waals surface area contributed by atoms with Crippen LogP contribution in [0.3, 0.4) is 0 Å². The monoisotopic (exact) mass is 273 g/mol. The molecule has 1 rings (SSSR count). The minimum Gasteiger partial charge on any atom is -0.480 e. The second-order valence-electron chi connectivity index (χ2n) is 3.71. The number of sulfone groups is 1. The summed E-state index contributed by atoms with van der Waals surface area (Å²) in [4.78, 5) is 20.4. The van der Waals surface area contributed by atoms with E-state index >= 15 is 0 Å². The van der Waals surface area contributed by atoms with Gasteiger partial charge in [0.1, 0.15) is 0 Å². The molecule has 0 aliphatic rings. The SMILES string of the molecule is CC(C(=O)O)S(=O)(=O)Cc1ccc([N+](=O)[O-])cc1. The van der Waals surface area contributed by atoms with Crippen molar-refractivity contribution < 1.29 is 23.2 Å². The Morgan fingerprint density at radius 1 is 1.39 bits per heavy atom. The van der Waals surface area contributed by atoms with Gasteiger partial charge in [-0.15, -0.1) is 0 Å². The van der Waals surface area contributed by atoms with Gasteiger partial charge in [0.15, 0.2) is 15.1 Å². The molecule has 0 aliphatic heterocycles. The van der Waals surface area contributed by atoms with E-state index in [9.17, 15) is 23.3 Å². The maximum atomic E-state index is 11.6. The quantitative estimate of drug-likeness (QED) is 0.631. The van der Waals surface area contributed by atoms with Crippen LogP contribution < -0.4 is 0 Å². The average molecular weight is 273 g/mol. The van der Waals surface area contributed by atoms with E-state index in [0.29, 0.717) is 5.56 Å². The molecule has 7 nitrogen and oxygen atoms in total. The fourth-order valence-corrected chi connectivity index (χ4v) is 2.44. The molecular weight excluding hydrogens is 262 g/mol. The highest BCUT2D eigenvalue weighted by molar-refractivity contribution is 7.91. The highest BCUT2D eigenvalue weighted by Gasteiger charge is 2.27. The van der Waals surface area contributed by atoms with Crippen LogP contribution in [0.4, 0.5) is 5.69 Å². The summed E-state index contributed by atoms with van der Waals surface area (Å²) >= 11 is 0. The first-order valence-electron chi connectivity index (χ1n) is 4.92. The van der Waals surface area contributed by atoms with Crippen LogP contribution in [0.1, 0.15) is 12.5 Å². The lowest BCUT2D eigenvalue weighted by Gasteiger charge is -2.08. The van der Waals surface area contributed by atoms with Crippen LogP contribution in [0.25, 0.3) is 0 Å². The van der Waals surface area contributed by atoms with Gasteiger partial charge in [0.25, 0.3) is 5.69 Å². The van der Waals surface area contributed by atoms with E-state index in [1.807, 2.05) is 0 Å². The number of hydrogen-bond acceptors (Lipinski definition) is 5. The summed E-state index contributed by atoms with van der Waals surface area (Å²) in [5.41, 5.74) is 0.163. The number of non-ortho nitro benzene ring substituents is 1. The molecule has 0 fully saturated rings. The van der Waals surface area contributed by atoms with Crippen molar-refractivity contribution in [1.82, 2.24) is 0 Å². The molecule has 0 aliphatic carbocycles. The topological polar surface area (TPSA) is 115 Å². The third kappa shape index (κ3) is 3.27. The molecule has 0 saturated heterocycles. The number of nitrogens with zero attached hydrogens (tertiary/aromatic N) is 1. The first-order valence-corrected chi connectivity index (χ1v) is 6.63. The Labute approximate surface area is 103 Å². The number of hydrogen-bond donors (Lipinski definition) is 1. The smallest absolute Gasteiger partial charge is 0.321 e. The van der Waals surface area contributed by atoms with Crippen LogP contribution in [-0.2, 0) is 20.4 Å². The van der Waals surface area contributed by atoms with Crippen molar-refractivity contribution in [3.8, 4) is 0 Å². The van der Waals surface area contributed by atoms with Crippen LogP contribution in [-0.4, -0.2) is 29.7 Å². The van der Waals surface area contributed by atoms with Crippen molar-refractivity contribution in [2.45, 2.75) is 17.9 Å². The number of nitro groups is 1. The third-order valence-corrected chi connectivity index (χ3v) is 4.42. The summed E-state index contributed by atoms with van der Waals surface area (Å²) in [7, 11) is -3.82. The van der Waals surface area contributed by atoms with Crippen molar-refractivity contribution in [2.75, 3.05) is 0 Å². The summed E-state index contributed by atoms with van der Waals surface area (Å²) in [5, 5.41) is 17.5. The number of carboxylic acids is 1. The zero-order chi connectivity index (χ0) is 13.9. The second-order valence-corrected chi connectivity index (χ2v) is 6.03.